The summed E-state index contributed by atoms with van der Waals surface area (Å²) in [5.74, 6) is -1.94. The van der Waals surface area contributed by atoms with Gasteiger partial charge in [-0.15, -0.1) is 0 Å². The monoisotopic (exact) mass is 476 g/mol. The first kappa shape index (κ1) is 23.7. The first-order valence-corrected chi connectivity index (χ1v) is 11.0. The van der Waals surface area contributed by atoms with Crippen LogP contribution in [0.4, 0.5) is 5.69 Å². The zero-order chi connectivity index (χ0) is 24.9. The third-order valence-corrected chi connectivity index (χ3v) is 5.43. The van der Waals surface area contributed by atoms with E-state index in [4.69, 9.17) is 14.2 Å². The van der Waals surface area contributed by atoms with Crippen LogP contribution in [0.25, 0.3) is 10.8 Å². The summed E-state index contributed by atoms with van der Waals surface area (Å²) in [5.41, 5.74) is 0.504. The first-order valence-electron chi connectivity index (χ1n) is 11.0. The van der Waals surface area contributed by atoms with Crippen LogP contribution in [0.3, 0.4) is 0 Å². The van der Waals surface area contributed by atoms with Crippen LogP contribution in [0.1, 0.15) is 43.9 Å². The molecular weight excluding hydrogens is 452 g/mol. The summed E-state index contributed by atoms with van der Waals surface area (Å²) in [6, 6.07) is 15.1. The van der Waals surface area contributed by atoms with Crippen molar-refractivity contribution in [1.82, 2.24) is 5.32 Å². The Balaban J connectivity index is 1.64. The fraction of sp³-hybridized carbons (Fsp3) is 0.231. The topological polar surface area (TPSA) is 120 Å². The molecule has 0 radical (unpaired) electrons. The number of rotatable bonds is 8. The van der Waals surface area contributed by atoms with Gasteiger partial charge in [0.05, 0.1) is 30.9 Å². The zero-order valence-electron chi connectivity index (χ0n) is 19.3. The van der Waals surface area contributed by atoms with Crippen LogP contribution < -0.4 is 15.4 Å². The smallest absolute Gasteiger partial charge is 0.337 e. The lowest BCUT2D eigenvalue weighted by Gasteiger charge is -2.14. The van der Waals surface area contributed by atoms with Crippen molar-refractivity contribution >= 4 is 40.2 Å². The van der Waals surface area contributed by atoms with Gasteiger partial charge in [-0.3, -0.25) is 9.59 Å². The molecule has 0 aromatic heterocycles. The highest BCUT2D eigenvalue weighted by Crippen LogP contribution is 2.28. The van der Waals surface area contributed by atoms with Gasteiger partial charge in [0, 0.05) is 11.7 Å². The standard InChI is InChI=1S/C26H24N2O7/c1-33-25(31)17-9-18(26(32)34-2)11-20(10-17)28-24(30)21-12-15-5-3-4-6-16(15)13-22(21)35-14-23(29)27-19-7-8-19/h3-6,9-13,19H,7-8,14H2,1-2H3,(H,27,29)(H,28,30). The van der Waals surface area contributed by atoms with E-state index in [0.29, 0.717) is 0 Å². The van der Waals surface area contributed by atoms with E-state index in [-0.39, 0.29) is 46.7 Å². The number of hydrogen-bond donors (Lipinski definition) is 2. The molecule has 2 amide bonds. The molecule has 1 fully saturated rings. The van der Waals surface area contributed by atoms with Crippen LogP contribution in [0.5, 0.6) is 5.75 Å². The van der Waals surface area contributed by atoms with Crippen molar-refractivity contribution in [2.45, 2.75) is 18.9 Å². The summed E-state index contributed by atoms with van der Waals surface area (Å²) in [6.45, 7) is -0.237. The number of nitrogens with one attached hydrogen (secondary N) is 2. The first-order chi connectivity index (χ1) is 16.9. The van der Waals surface area contributed by atoms with Crippen molar-refractivity contribution in [2.75, 3.05) is 26.1 Å². The Labute approximate surface area is 201 Å². The lowest BCUT2D eigenvalue weighted by atomic mass is 10.0. The lowest BCUT2D eigenvalue weighted by molar-refractivity contribution is -0.123. The van der Waals surface area contributed by atoms with E-state index in [1.807, 2.05) is 24.3 Å². The number of ether oxygens (including phenoxy) is 3. The summed E-state index contributed by atoms with van der Waals surface area (Å²) in [5, 5.41) is 7.17. The molecule has 0 heterocycles. The quantitative estimate of drug-likeness (QED) is 0.479. The molecule has 9 nitrogen and oxygen atoms in total. The maximum atomic E-state index is 13.3. The molecule has 0 unspecified atom stereocenters. The fourth-order valence-electron chi connectivity index (χ4n) is 3.53. The zero-order valence-corrected chi connectivity index (χ0v) is 19.3. The minimum Gasteiger partial charge on any atom is -0.483 e. The summed E-state index contributed by atoms with van der Waals surface area (Å²) >= 11 is 0. The molecule has 35 heavy (non-hydrogen) atoms. The summed E-state index contributed by atoms with van der Waals surface area (Å²) in [4.78, 5) is 49.6. The number of fused-ring (bicyclic) bond motifs is 1. The van der Waals surface area contributed by atoms with E-state index in [1.54, 1.807) is 12.1 Å². The number of esters is 2. The average molecular weight is 476 g/mol. The Hall–Kier alpha value is -4.40. The van der Waals surface area contributed by atoms with Gasteiger partial charge in [0.1, 0.15) is 5.75 Å². The molecule has 1 aliphatic carbocycles. The Morgan fingerprint density at radius 1 is 0.857 bits per heavy atom. The third kappa shape index (κ3) is 5.75. The van der Waals surface area contributed by atoms with E-state index in [2.05, 4.69) is 10.6 Å². The number of hydrogen-bond acceptors (Lipinski definition) is 7. The molecule has 0 aliphatic heterocycles. The summed E-state index contributed by atoms with van der Waals surface area (Å²) in [7, 11) is 2.42. The molecule has 1 saturated carbocycles. The molecule has 180 valence electrons. The van der Waals surface area contributed by atoms with Gasteiger partial charge in [0.2, 0.25) is 0 Å². The maximum Gasteiger partial charge on any atom is 0.337 e. The number of carbonyl (C=O) groups is 4. The summed E-state index contributed by atoms with van der Waals surface area (Å²) in [6.07, 6.45) is 1.90. The molecule has 0 spiro atoms. The van der Waals surface area contributed by atoms with Gasteiger partial charge in [-0.25, -0.2) is 9.59 Å². The van der Waals surface area contributed by atoms with Gasteiger partial charge in [-0.05, 0) is 53.9 Å². The SMILES string of the molecule is COC(=O)c1cc(NC(=O)c2cc3ccccc3cc2OCC(=O)NC2CC2)cc(C(=O)OC)c1. The molecule has 1 aliphatic rings. The number of carbonyl (C=O) groups excluding carboxylic acids is 4. The van der Waals surface area contributed by atoms with Gasteiger partial charge in [0.15, 0.2) is 6.61 Å². The van der Waals surface area contributed by atoms with Crippen LogP contribution in [0.15, 0.2) is 54.6 Å². The van der Waals surface area contributed by atoms with Crippen LogP contribution in [-0.2, 0) is 14.3 Å². The van der Waals surface area contributed by atoms with Crippen LogP contribution in [0, 0.1) is 0 Å². The maximum absolute atomic E-state index is 13.3. The van der Waals surface area contributed by atoms with Crippen molar-refractivity contribution in [3.63, 3.8) is 0 Å². The van der Waals surface area contributed by atoms with Gasteiger partial charge in [-0.2, -0.15) is 0 Å². The number of amides is 2. The van der Waals surface area contributed by atoms with Crippen molar-refractivity contribution in [3.8, 4) is 5.75 Å². The predicted molar refractivity (Wildman–Crippen MR) is 128 cm³/mol. The minimum atomic E-state index is -0.678. The van der Waals surface area contributed by atoms with Crippen molar-refractivity contribution in [1.29, 1.82) is 0 Å². The molecule has 0 bridgehead atoms. The average Bonchev–Trinajstić information content (AvgIpc) is 3.69. The van der Waals surface area contributed by atoms with Crippen LogP contribution in [-0.4, -0.2) is 50.6 Å². The molecule has 9 heteroatoms. The van der Waals surface area contributed by atoms with Gasteiger partial charge in [0.25, 0.3) is 11.8 Å². The molecular formula is C26H24N2O7. The van der Waals surface area contributed by atoms with Gasteiger partial charge in [-0.1, -0.05) is 24.3 Å². The number of benzene rings is 3. The van der Waals surface area contributed by atoms with E-state index in [1.165, 1.54) is 32.4 Å². The van der Waals surface area contributed by atoms with Gasteiger partial charge >= 0.3 is 11.9 Å². The third-order valence-electron chi connectivity index (χ3n) is 5.43. The molecule has 3 aromatic carbocycles. The Kier molecular flexibility index (Phi) is 6.96. The lowest BCUT2D eigenvalue weighted by Crippen LogP contribution is -2.30. The van der Waals surface area contributed by atoms with E-state index < -0.39 is 17.8 Å². The van der Waals surface area contributed by atoms with Gasteiger partial charge < -0.3 is 24.8 Å². The summed E-state index contributed by atoms with van der Waals surface area (Å²) < 4.78 is 15.2. The van der Waals surface area contributed by atoms with E-state index in [9.17, 15) is 19.2 Å². The second-order valence-electron chi connectivity index (χ2n) is 8.06. The number of anilines is 1. The Morgan fingerprint density at radius 2 is 1.46 bits per heavy atom. The molecule has 2 N–H and O–H groups in total. The normalized spacial score (nSPS) is 12.5. The van der Waals surface area contributed by atoms with E-state index >= 15 is 0 Å². The predicted octanol–water partition coefficient (Wildman–Crippen LogP) is 3.32. The van der Waals surface area contributed by atoms with Crippen molar-refractivity contribution in [3.05, 3.63) is 71.3 Å². The Morgan fingerprint density at radius 3 is 2.03 bits per heavy atom. The van der Waals surface area contributed by atoms with Crippen molar-refractivity contribution < 1.29 is 33.4 Å². The molecule has 0 atom stereocenters. The van der Waals surface area contributed by atoms with E-state index in [0.717, 1.165) is 23.6 Å². The fourth-order valence-corrected chi connectivity index (χ4v) is 3.53. The van der Waals surface area contributed by atoms with Crippen LogP contribution >= 0.6 is 0 Å². The molecule has 0 saturated heterocycles. The minimum absolute atomic E-state index is 0.0671. The highest BCUT2D eigenvalue weighted by Gasteiger charge is 2.24. The second-order valence-corrected chi connectivity index (χ2v) is 8.06. The van der Waals surface area contributed by atoms with Crippen LogP contribution in [0.2, 0.25) is 0 Å². The molecule has 3 aromatic rings. The highest BCUT2D eigenvalue weighted by atomic mass is 16.5. The number of methoxy groups -OCH3 is 2. The largest absolute Gasteiger partial charge is 0.483 e. The Bertz CT molecular complexity index is 1280. The second kappa shape index (κ2) is 10.3. The van der Waals surface area contributed by atoms with Crippen molar-refractivity contribution in [2.24, 2.45) is 0 Å². The highest BCUT2D eigenvalue weighted by molar-refractivity contribution is 6.09. The molecule has 4 rings (SSSR count).